The average molecular weight is 498 g/mol. The first kappa shape index (κ1) is 22.3. The molecule has 34 heavy (non-hydrogen) atoms. The highest BCUT2D eigenvalue weighted by Crippen LogP contribution is 2.35. The number of ether oxygens (including phenoxy) is 2. The van der Waals surface area contributed by atoms with E-state index in [9.17, 15) is 13.2 Å². The van der Waals surface area contributed by atoms with Crippen molar-refractivity contribution in [2.75, 3.05) is 25.2 Å². The lowest BCUT2D eigenvalue weighted by atomic mass is 10.0. The summed E-state index contributed by atoms with van der Waals surface area (Å²) in [6.45, 7) is 0.758. The third-order valence-electron chi connectivity index (χ3n) is 5.60. The minimum atomic E-state index is -3.75. The number of sulfonamides is 1. The molecule has 0 radical (unpaired) electrons. The third kappa shape index (κ3) is 4.33. The number of piperidine rings is 1. The van der Waals surface area contributed by atoms with Gasteiger partial charge in [-0.1, -0.05) is 17.4 Å². The van der Waals surface area contributed by atoms with Gasteiger partial charge in [-0.05, 0) is 43.2 Å². The van der Waals surface area contributed by atoms with E-state index in [-0.39, 0.29) is 34.7 Å². The third-order valence-corrected chi connectivity index (χ3v) is 8.55. The fraction of sp³-hybridized carbons (Fsp3) is 0.273. The van der Waals surface area contributed by atoms with E-state index in [4.69, 9.17) is 14.7 Å². The lowest BCUT2D eigenvalue weighted by Crippen LogP contribution is -2.39. The van der Waals surface area contributed by atoms with Gasteiger partial charge in [0.1, 0.15) is 5.01 Å². The molecule has 1 aromatic heterocycles. The molecule has 174 valence electrons. The van der Waals surface area contributed by atoms with Crippen molar-refractivity contribution in [1.29, 1.82) is 5.26 Å². The van der Waals surface area contributed by atoms with Crippen molar-refractivity contribution >= 4 is 33.0 Å². The maximum atomic E-state index is 13.1. The molecule has 0 spiro atoms. The second kappa shape index (κ2) is 9.02. The van der Waals surface area contributed by atoms with Gasteiger partial charge in [0.25, 0.3) is 5.91 Å². The molecule has 10 nitrogen and oxygen atoms in total. The van der Waals surface area contributed by atoms with Crippen LogP contribution in [0.4, 0.5) is 5.69 Å². The van der Waals surface area contributed by atoms with Crippen molar-refractivity contribution in [3.8, 4) is 17.6 Å². The summed E-state index contributed by atoms with van der Waals surface area (Å²) in [5.74, 6) is 0.593. The molecule has 3 aromatic rings. The number of carbonyl (C=O) groups is 1. The molecule has 1 atom stereocenters. The van der Waals surface area contributed by atoms with Gasteiger partial charge in [-0.3, -0.25) is 4.79 Å². The van der Waals surface area contributed by atoms with Crippen LogP contribution in [0.1, 0.15) is 39.1 Å². The molecule has 2 aromatic carbocycles. The Hall–Kier alpha value is -3.53. The Kier molecular flexibility index (Phi) is 5.91. The first-order chi connectivity index (χ1) is 16.4. The summed E-state index contributed by atoms with van der Waals surface area (Å²) in [4.78, 5) is 12.8. The number of anilines is 1. The van der Waals surface area contributed by atoms with Crippen molar-refractivity contribution in [1.82, 2.24) is 14.5 Å². The second-order valence-electron chi connectivity index (χ2n) is 7.81. The predicted octanol–water partition coefficient (Wildman–Crippen LogP) is 2.96. The zero-order chi connectivity index (χ0) is 23.7. The first-order valence-electron chi connectivity index (χ1n) is 10.5. The molecule has 5 rings (SSSR count). The average Bonchev–Trinajstić information content (AvgIpc) is 3.54. The fourth-order valence-electron chi connectivity index (χ4n) is 3.89. The summed E-state index contributed by atoms with van der Waals surface area (Å²) < 4.78 is 38.3. The van der Waals surface area contributed by atoms with Gasteiger partial charge in [0.2, 0.25) is 21.8 Å². The predicted molar refractivity (Wildman–Crippen MR) is 122 cm³/mol. The number of benzene rings is 2. The number of amides is 1. The quantitative estimate of drug-likeness (QED) is 0.569. The van der Waals surface area contributed by atoms with Gasteiger partial charge in [0.15, 0.2) is 11.5 Å². The van der Waals surface area contributed by atoms with Crippen LogP contribution in [-0.4, -0.2) is 48.7 Å². The molecule has 1 amide bonds. The molecule has 2 aliphatic heterocycles. The van der Waals surface area contributed by atoms with E-state index in [2.05, 4.69) is 15.5 Å². The molecule has 1 fully saturated rings. The molecular formula is C22H19N5O5S2. The fourth-order valence-corrected chi connectivity index (χ4v) is 6.32. The monoisotopic (exact) mass is 497 g/mol. The van der Waals surface area contributed by atoms with Crippen LogP contribution in [0.25, 0.3) is 0 Å². The number of hydrogen-bond acceptors (Lipinski definition) is 9. The van der Waals surface area contributed by atoms with Gasteiger partial charge in [-0.25, -0.2) is 8.42 Å². The normalized spacial score (nSPS) is 17.8. The Balaban J connectivity index is 1.29. The van der Waals surface area contributed by atoms with E-state index in [1.807, 2.05) is 6.07 Å². The zero-order valence-electron chi connectivity index (χ0n) is 17.8. The van der Waals surface area contributed by atoms with Crippen LogP contribution in [-0.2, 0) is 10.0 Å². The van der Waals surface area contributed by atoms with Crippen molar-refractivity contribution < 1.29 is 22.7 Å². The van der Waals surface area contributed by atoms with Gasteiger partial charge in [0, 0.05) is 30.8 Å². The lowest BCUT2D eigenvalue weighted by molar-refractivity contribution is 0.102. The van der Waals surface area contributed by atoms with E-state index in [0.717, 1.165) is 17.8 Å². The number of rotatable bonds is 5. The Morgan fingerprint density at radius 1 is 1.18 bits per heavy atom. The van der Waals surface area contributed by atoms with Crippen molar-refractivity contribution in [3.63, 3.8) is 0 Å². The minimum absolute atomic E-state index is 0.0910. The summed E-state index contributed by atoms with van der Waals surface area (Å²) in [5.41, 5.74) is 0.831. The SMILES string of the molecule is N#Cc1cccc(S(=O)(=O)N2CCCC(c3nnc(C(=O)Nc4ccc5c(c4)OCO5)s3)C2)c1. The van der Waals surface area contributed by atoms with Crippen LogP contribution >= 0.6 is 11.3 Å². The van der Waals surface area contributed by atoms with E-state index < -0.39 is 15.9 Å². The summed E-state index contributed by atoms with van der Waals surface area (Å²) in [6, 6.07) is 13.1. The topological polar surface area (TPSA) is 135 Å². The number of nitrogens with zero attached hydrogens (tertiary/aromatic N) is 4. The van der Waals surface area contributed by atoms with Crippen LogP contribution < -0.4 is 14.8 Å². The molecule has 2 aliphatic rings. The van der Waals surface area contributed by atoms with Crippen molar-refractivity contribution in [3.05, 3.63) is 58.0 Å². The highest BCUT2D eigenvalue weighted by Gasteiger charge is 2.33. The summed E-state index contributed by atoms with van der Waals surface area (Å²) >= 11 is 1.15. The molecule has 1 saturated heterocycles. The van der Waals surface area contributed by atoms with Crippen molar-refractivity contribution in [2.45, 2.75) is 23.7 Å². The van der Waals surface area contributed by atoms with E-state index in [1.54, 1.807) is 30.3 Å². The zero-order valence-corrected chi connectivity index (χ0v) is 19.4. The maximum Gasteiger partial charge on any atom is 0.286 e. The number of aromatic nitrogens is 2. The van der Waals surface area contributed by atoms with Crippen LogP contribution in [0.2, 0.25) is 0 Å². The molecule has 0 aliphatic carbocycles. The summed E-state index contributed by atoms with van der Waals surface area (Å²) in [6.07, 6.45) is 1.39. The molecule has 12 heteroatoms. The number of nitriles is 1. The van der Waals surface area contributed by atoms with Gasteiger partial charge < -0.3 is 14.8 Å². The Morgan fingerprint density at radius 2 is 2.03 bits per heavy atom. The van der Waals surface area contributed by atoms with Crippen LogP contribution in [0.15, 0.2) is 47.4 Å². The highest BCUT2D eigenvalue weighted by atomic mass is 32.2. The van der Waals surface area contributed by atoms with Crippen molar-refractivity contribution in [2.24, 2.45) is 0 Å². The van der Waals surface area contributed by atoms with Gasteiger partial charge >= 0.3 is 0 Å². The highest BCUT2D eigenvalue weighted by molar-refractivity contribution is 7.89. The molecule has 1 N–H and O–H groups in total. The van der Waals surface area contributed by atoms with E-state index in [0.29, 0.717) is 35.2 Å². The molecule has 0 saturated carbocycles. The Labute approximate surface area is 199 Å². The summed E-state index contributed by atoms with van der Waals surface area (Å²) in [5, 5.41) is 20.9. The smallest absolute Gasteiger partial charge is 0.286 e. The van der Waals surface area contributed by atoms with Gasteiger partial charge in [0.05, 0.1) is 16.5 Å². The molecule has 3 heterocycles. The van der Waals surface area contributed by atoms with Gasteiger partial charge in [-0.2, -0.15) is 9.57 Å². The lowest BCUT2D eigenvalue weighted by Gasteiger charge is -2.30. The van der Waals surface area contributed by atoms with E-state index >= 15 is 0 Å². The summed E-state index contributed by atoms with van der Waals surface area (Å²) in [7, 11) is -3.75. The molecule has 0 bridgehead atoms. The van der Waals surface area contributed by atoms with Crippen LogP contribution in [0, 0.1) is 11.3 Å². The van der Waals surface area contributed by atoms with Crippen LogP contribution in [0.5, 0.6) is 11.5 Å². The van der Waals surface area contributed by atoms with E-state index in [1.165, 1.54) is 16.4 Å². The Morgan fingerprint density at radius 3 is 2.88 bits per heavy atom. The maximum absolute atomic E-state index is 13.1. The van der Waals surface area contributed by atoms with Crippen LogP contribution in [0.3, 0.4) is 0 Å². The second-order valence-corrected chi connectivity index (χ2v) is 10.8. The Bertz CT molecular complexity index is 1400. The molecule has 1 unspecified atom stereocenters. The number of hydrogen-bond donors (Lipinski definition) is 1. The standard InChI is InChI=1S/C22H19N5O5S2/c23-11-14-3-1-5-17(9-14)34(29,30)27-8-2-4-15(12-27)21-25-26-22(33-21)20(28)24-16-6-7-18-19(10-16)32-13-31-18/h1,3,5-7,9-10,15H,2,4,8,12-13H2,(H,24,28). The number of nitrogens with one attached hydrogen (secondary N) is 1. The minimum Gasteiger partial charge on any atom is -0.454 e. The number of carbonyl (C=O) groups excluding carboxylic acids is 1. The largest absolute Gasteiger partial charge is 0.454 e. The first-order valence-corrected chi connectivity index (χ1v) is 12.7. The van der Waals surface area contributed by atoms with Gasteiger partial charge in [-0.15, -0.1) is 10.2 Å². The molecular weight excluding hydrogens is 478 g/mol. The number of fused-ring (bicyclic) bond motifs is 1.